The van der Waals surface area contributed by atoms with Crippen LogP contribution in [0.4, 0.5) is 5.95 Å². The fourth-order valence-electron chi connectivity index (χ4n) is 1.98. The Morgan fingerprint density at radius 2 is 2.12 bits per heavy atom. The highest BCUT2D eigenvalue weighted by atomic mass is 15.3. The number of anilines is 1. The first-order valence-electron chi connectivity index (χ1n) is 5.79. The minimum Gasteiger partial charge on any atom is -0.351 e. The summed E-state index contributed by atoms with van der Waals surface area (Å²) in [6.45, 7) is 5.97. The van der Waals surface area contributed by atoms with E-state index in [4.69, 9.17) is 0 Å². The molecule has 0 aliphatic carbocycles. The molecule has 0 spiro atoms. The molecule has 0 aromatic carbocycles. The van der Waals surface area contributed by atoms with E-state index >= 15 is 0 Å². The van der Waals surface area contributed by atoms with E-state index in [1.165, 1.54) is 19.4 Å². The van der Waals surface area contributed by atoms with Crippen molar-refractivity contribution >= 4 is 5.95 Å². The molecule has 1 aromatic heterocycles. The highest BCUT2D eigenvalue weighted by Crippen LogP contribution is 2.14. The molecule has 0 bridgehead atoms. The molecule has 1 aliphatic heterocycles. The molecule has 0 saturated carbocycles. The quantitative estimate of drug-likeness (QED) is 0.825. The third kappa shape index (κ3) is 2.47. The van der Waals surface area contributed by atoms with Crippen LogP contribution in [0.2, 0.25) is 0 Å². The van der Waals surface area contributed by atoms with Gasteiger partial charge in [-0.3, -0.25) is 0 Å². The minimum atomic E-state index is 0.602. The van der Waals surface area contributed by atoms with Gasteiger partial charge in [0.1, 0.15) is 0 Å². The van der Waals surface area contributed by atoms with Crippen molar-refractivity contribution in [3.63, 3.8) is 0 Å². The molecule has 1 fully saturated rings. The Morgan fingerprint density at radius 1 is 1.31 bits per heavy atom. The van der Waals surface area contributed by atoms with Gasteiger partial charge in [-0.1, -0.05) is 0 Å². The number of aromatic nitrogens is 3. The molecule has 88 valence electrons. The number of hydrogen-bond acceptors (Lipinski definition) is 5. The van der Waals surface area contributed by atoms with Crippen LogP contribution in [0.15, 0.2) is 0 Å². The molecule has 1 saturated heterocycles. The number of likely N-dealkylation sites (N-methyl/N-ethyl adjacent to an activating group) is 1. The SMILES string of the molecule is Cc1nnc(NCC2CCCN2C)nc1C. The predicted molar refractivity (Wildman–Crippen MR) is 63.4 cm³/mol. The summed E-state index contributed by atoms with van der Waals surface area (Å²) in [6.07, 6.45) is 2.54. The lowest BCUT2D eigenvalue weighted by atomic mass is 10.2. The van der Waals surface area contributed by atoms with Crippen molar-refractivity contribution in [2.75, 3.05) is 25.5 Å². The molecule has 1 aliphatic rings. The van der Waals surface area contributed by atoms with Crippen LogP contribution in [0.1, 0.15) is 24.2 Å². The van der Waals surface area contributed by atoms with Crippen LogP contribution in [0, 0.1) is 13.8 Å². The van der Waals surface area contributed by atoms with Crippen molar-refractivity contribution < 1.29 is 0 Å². The molecule has 1 aromatic rings. The van der Waals surface area contributed by atoms with Gasteiger partial charge >= 0.3 is 0 Å². The summed E-state index contributed by atoms with van der Waals surface area (Å²) >= 11 is 0. The zero-order valence-corrected chi connectivity index (χ0v) is 10.2. The van der Waals surface area contributed by atoms with Crippen molar-refractivity contribution in [3.05, 3.63) is 11.4 Å². The first kappa shape index (κ1) is 11.3. The Labute approximate surface area is 96.3 Å². The van der Waals surface area contributed by atoms with E-state index in [-0.39, 0.29) is 0 Å². The normalized spacial score (nSPS) is 21.3. The Balaban J connectivity index is 1.91. The highest BCUT2D eigenvalue weighted by Gasteiger charge is 2.20. The Morgan fingerprint density at radius 3 is 2.75 bits per heavy atom. The second-order valence-electron chi connectivity index (χ2n) is 4.46. The molecule has 0 radical (unpaired) electrons. The van der Waals surface area contributed by atoms with Crippen LogP contribution in [0.25, 0.3) is 0 Å². The van der Waals surface area contributed by atoms with E-state index in [9.17, 15) is 0 Å². The Hall–Kier alpha value is -1.23. The van der Waals surface area contributed by atoms with Crippen molar-refractivity contribution in [3.8, 4) is 0 Å². The van der Waals surface area contributed by atoms with Gasteiger partial charge in [0, 0.05) is 12.6 Å². The molecule has 0 amide bonds. The van der Waals surface area contributed by atoms with Crippen LogP contribution in [-0.2, 0) is 0 Å². The fourth-order valence-corrected chi connectivity index (χ4v) is 1.98. The first-order valence-corrected chi connectivity index (χ1v) is 5.79. The van der Waals surface area contributed by atoms with Gasteiger partial charge in [0.05, 0.1) is 11.4 Å². The Kier molecular flexibility index (Phi) is 3.33. The first-order chi connectivity index (χ1) is 7.66. The lowest BCUT2D eigenvalue weighted by Gasteiger charge is -2.19. The van der Waals surface area contributed by atoms with E-state index in [2.05, 4.69) is 32.4 Å². The topological polar surface area (TPSA) is 53.9 Å². The average molecular weight is 221 g/mol. The standard InChI is InChI=1S/C11H19N5/c1-8-9(2)14-15-11(13-8)12-7-10-5-4-6-16(10)3/h10H,4-7H2,1-3H3,(H,12,13,15). The van der Waals surface area contributed by atoms with Crippen LogP contribution in [-0.4, -0.2) is 46.3 Å². The smallest absolute Gasteiger partial charge is 0.243 e. The van der Waals surface area contributed by atoms with Crippen LogP contribution in [0.5, 0.6) is 0 Å². The molecule has 5 nitrogen and oxygen atoms in total. The second kappa shape index (κ2) is 4.74. The molecule has 16 heavy (non-hydrogen) atoms. The lowest BCUT2D eigenvalue weighted by molar-refractivity contribution is 0.322. The van der Waals surface area contributed by atoms with E-state index in [0.29, 0.717) is 12.0 Å². The van der Waals surface area contributed by atoms with E-state index in [1.54, 1.807) is 0 Å². The summed E-state index contributed by atoms with van der Waals surface area (Å²) in [4.78, 5) is 6.73. The number of nitrogens with one attached hydrogen (secondary N) is 1. The van der Waals surface area contributed by atoms with Crippen molar-refractivity contribution in [2.24, 2.45) is 0 Å². The number of likely N-dealkylation sites (tertiary alicyclic amines) is 1. The average Bonchev–Trinajstić information content (AvgIpc) is 2.66. The minimum absolute atomic E-state index is 0.602. The van der Waals surface area contributed by atoms with Gasteiger partial charge < -0.3 is 10.2 Å². The number of rotatable bonds is 3. The van der Waals surface area contributed by atoms with Gasteiger partial charge in [-0.15, -0.1) is 5.10 Å². The third-order valence-corrected chi connectivity index (χ3v) is 3.26. The molecule has 2 heterocycles. The van der Waals surface area contributed by atoms with Gasteiger partial charge in [0.15, 0.2) is 0 Å². The zero-order chi connectivity index (χ0) is 11.5. The second-order valence-corrected chi connectivity index (χ2v) is 4.46. The van der Waals surface area contributed by atoms with Gasteiger partial charge in [-0.25, -0.2) is 4.98 Å². The lowest BCUT2D eigenvalue weighted by Crippen LogP contribution is -2.32. The van der Waals surface area contributed by atoms with E-state index < -0.39 is 0 Å². The van der Waals surface area contributed by atoms with Gasteiger partial charge in [0.25, 0.3) is 0 Å². The maximum absolute atomic E-state index is 4.36. The van der Waals surface area contributed by atoms with Crippen molar-refractivity contribution in [1.29, 1.82) is 0 Å². The van der Waals surface area contributed by atoms with Gasteiger partial charge in [0.2, 0.25) is 5.95 Å². The summed E-state index contributed by atoms with van der Waals surface area (Å²) in [5, 5.41) is 11.3. The van der Waals surface area contributed by atoms with E-state index in [1.807, 2.05) is 13.8 Å². The van der Waals surface area contributed by atoms with Crippen LogP contribution < -0.4 is 5.32 Å². The highest BCUT2D eigenvalue weighted by molar-refractivity contribution is 5.25. The maximum atomic E-state index is 4.36. The molecule has 5 heteroatoms. The molecular formula is C11H19N5. The van der Waals surface area contributed by atoms with Crippen LogP contribution in [0.3, 0.4) is 0 Å². The summed E-state index contributed by atoms with van der Waals surface area (Å²) < 4.78 is 0. The molecule has 1 atom stereocenters. The van der Waals surface area contributed by atoms with Crippen molar-refractivity contribution in [1.82, 2.24) is 20.1 Å². The number of hydrogen-bond donors (Lipinski definition) is 1. The molecular weight excluding hydrogens is 202 g/mol. The Bertz CT molecular complexity index is 365. The third-order valence-electron chi connectivity index (χ3n) is 3.26. The zero-order valence-electron chi connectivity index (χ0n) is 10.2. The summed E-state index contributed by atoms with van der Waals surface area (Å²) in [5.41, 5.74) is 1.83. The maximum Gasteiger partial charge on any atom is 0.243 e. The number of aryl methyl sites for hydroxylation is 2. The number of nitrogens with zero attached hydrogens (tertiary/aromatic N) is 4. The summed E-state index contributed by atoms with van der Waals surface area (Å²) in [7, 11) is 2.17. The fraction of sp³-hybridized carbons (Fsp3) is 0.727. The van der Waals surface area contributed by atoms with Gasteiger partial charge in [-0.05, 0) is 40.3 Å². The molecule has 1 unspecified atom stereocenters. The van der Waals surface area contributed by atoms with Crippen molar-refractivity contribution in [2.45, 2.75) is 32.7 Å². The van der Waals surface area contributed by atoms with Gasteiger partial charge in [-0.2, -0.15) is 5.10 Å². The summed E-state index contributed by atoms with van der Waals surface area (Å²) in [6, 6.07) is 0.602. The van der Waals surface area contributed by atoms with E-state index in [0.717, 1.165) is 17.9 Å². The summed E-state index contributed by atoms with van der Waals surface area (Å²) in [5.74, 6) is 0.642. The molecule has 1 N–H and O–H groups in total. The monoisotopic (exact) mass is 221 g/mol. The predicted octanol–water partition coefficient (Wildman–Crippen LogP) is 0.995. The largest absolute Gasteiger partial charge is 0.351 e. The molecule has 2 rings (SSSR count). The van der Waals surface area contributed by atoms with Crippen LogP contribution >= 0.6 is 0 Å².